The van der Waals surface area contributed by atoms with Crippen molar-refractivity contribution in [2.45, 2.75) is 0 Å². The average Bonchev–Trinajstić information content (AvgIpc) is 2.27. The van der Waals surface area contributed by atoms with Crippen molar-refractivity contribution >= 4 is 35.1 Å². The monoisotopic (exact) mass is 273 g/mol. The van der Waals surface area contributed by atoms with E-state index in [2.05, 4.69) is 16.6 Å². The number of hydrogen-bond donors (Lipinski definition) is 1. The predicted octanol–water partition coefficient (Wildman–Crippen LogP) is 2.41. The van der Waals surface area contributed by atoms with Crippen LogP contribution in [0.3, 0.4) is 0 Å². The molecule has 0 heterocycles. The minimum atomic E-state index is -0.735. The van der Waals surface area contributed by atoms with Gasteiger partial charge < -0.3 is 10.1 Å². The first-order valence-corrected chi connectivity index (χ1v) is 5.25. The Hall–Kier alpha value is -1.52. The largest absolute Gasteiger partial charge is 0.464 e. The molecule has 0 saturated heterocycles. The Labute approximate surface area is 108 Å². The second-order valence-corrected chi connectivity index (χ2v) is 3.84. The van der Waals surface area contributed by atoms with Crippen LogP contribution in [0.2, 0.25) is 10.0 Å². The molecule has 0 atom stereocenters. The predicted molar refractivity (Wildman–Crippen MR) is 65.1 cm³/mol. The zero-order valence-electron chi connectivity index (χ0n) is 8.92. The fourth-order valence-electron chi connectivity index (χ4n) is 1.09. The summed E-state index contributed by atoms with van der Waals surface area (Å²) in [7, 11) is 1.18. The molecule has 0 unspecified atom stereocenters. The second-order valence-electron chi connectivity index (χ2n) is 3.02. The molecule has 0 spiro atoms. The van der Waals surface area contributed by atoms with Gasteiger partial charge in [0.15, 0.2) is 0 Å². The highest BCUT2D eigenvalue weighted by Gasteiger charge is 2.17. The summed E-state index contributed by atoms with van der Waals surface area (Å²) in [5.74, 6) is -1.35. The zero-order valence-corrected chi connectivity index (χ0v) is 10.4. The van der Waals surface area contributed by atoms with E-state index in [1.165, 1.54) is 19.2 Å². The molecule has 0 bridgehead atoms. The van der Waals surface area contributed by atoms with Crippen LogP contribution in [-0.4, -0.2) is 19.0 Å². The van der Waals surface area contributed by atoms with Gasteiger partial charge in [0.2, 0.25) is 0 Å². The minimum Gasteiger partial charge on any atom is -0.464 e. The van der Waals surface area contributed by atoms with Crippen molar-refractivity contribution in [3.05, 3.63) is 46.1 Å². The summed E-state index contributed by atoms with van der Waals surface area (Å²) in [6.07, 6.45) is 0. The normalized spacial score (nSPS) is 9.59. The van der Waals surface area contributed by atoms with Crippen LogP contribution in [-0.2, 0) is 9.53 Å². The number of carbonyl (C=O) groups excluding carboxylic acids is 2. The molecular formula is C11H9Cl2NO3. The highest BCUT2D eigenvalue weighted by Crippen LogP contribution is 2.24. The number of halogens is 2. The van der Waals surface area contributed by atoms with Gasteiger partial charge in [-0.1, -0.05) is 35.8 Å². The molecule has 1 aromatic rings. The van der Waals surface area contributed by atoms with Gasteiger partial charge in [0.05, 0.1) is 22.7 Å². The molecule has 0 aromatic heterocycles. The van der Waals surface area contributed by atoms with Crippen LogP contribution >= 0.6 is 23.2 Å². The third-order valence-electron chi connectivity index (χ3n) is 1.89. The van der Waals surface area contributed by atoms with E-state index in [9.17, 15) is 9.59 Å². The van der Waals surface area contributed by atoms with E-state index >= 15 is 0 Å². The first-order chi connectivity index (χ1) is 7.97. The first-order valence-electron chi connectivity index (χ1n) is 4.50. The molecule has 4 nitrogen and oxygen atoms in total. The summed E-state index contributed by atoms with van der Waals surface area (Å²) in [4.78, 5) is 22.8. The summed E-state index contributed by atoms with van der Waals surface area (Å²) in [6, 6.07) is 4.64. The number of carbonyl (C=O) groups is 2. The molecule has 6 heteroatoms. The maximum Gasteiger partial charge on any atom is 0.353 e. The fourth-order valence-corrected chi connectivity index (χ4v) is 1.66. The molecule has 0 saturated carbocycles. The Balaban J connectivity index is 2.91. The lowest BCUT2D eigenvalue weighted by Gasteiger charge is -2.08. The van der Waals surface area contributed by atoms with Gasteiger partial charge in [-0.25, -0.2) is 4.79 Å². The van der Waals surface area contributed by atoms with E-state index < -0.39 is 11.9 Å². The van der Waals surface area contributed by atoms with Crippen molar-refractivity contribution in [1.29, 1.82) is 0 Å². The van der Waals surface area contributed by atoms with E-state index in [0.717, 1.165) is 0 Å². The topological polar surface area (TPSA) is 55.4 Å². The van der Waals surface area contributed by atoms with Crippen LogP contribution in [0.5, 0.6) is 0 Å². The van der Waals surface area contributed by atoms with Crippen molar-refractivity contribution in [2.75, 3.05) is 7.11 Å². The quantitative estimate of drug-likeness (QED) is 0.680. The number of hydrogen-bond acceptors (Lipinski definition) is 3. The van der Waals surface area contributed by atoms with E-state index in [0.29, 0.717) is 0 Å². The van der Waals surface area contributed by atoms with E-state index in [1.807, 2.05) is 0 Å². The molecule has 0 radical (unpaired) electrons. The molecule has 1 amide bonds. The molecule has 1 aromatic carbocycles. The molecule has 90 valence electrons. The number of nitrogens with one attached hydrogen (secondary N) is 1. The lowest BCUT2D eigenvalue weighted by atomic mass is 10.2. The summed E-state index contributed by atoms with van der Waals surface area (Å²) in [6.45, 7) is 3.36. The standard InChI is InChI=1S/C11H9Cl2NO3/c1-6(11(16)17-2)14-10(15)9-7(12)4-3-5-8(9)13/h3-5H,1H2,2H3,(H,14,15). The molecule has 0 aliphatic rings. The summed E-state index contributed by atoms with van der Waals surface area (Å²) in [5.41, 5.74) is -0.102. The lowest BCUT2D eigenvalue weighted by molar-refractivity contribution is -0.136. The fraction of sp³-hybridized carbons (Fsp3) is 0.0909. The number of benzene rings is 1. The van der Waals surface area contributed by atoms with Gasteiger partial charge in [-0.3, -0.25) is 4.79 Å². The van der Waals surface area contributed by atoms with Crippen LogP contribution in [0.25, 0.3) is 0 Å². The Morgan fingerprint density at radius 1 is 1.29 bits per heavy atom. The van der Waals surface area contributed by atoms with E-state index in [4.69, 9.17) is 23.2 Å². The van der Waals surface area contributed by atoms with Gasteiger partial charge in [0, 0.05) is 0 Å². The van der Waals surface area contributed by atoms with Gasteiger partial charge in [-0.2, -0.15) is 0 Å². The first kappa shape index (κ1) is 13.5. The Morgan fingerprint density at radius 3 is 2.29 bits per heavy atom. The van der Waals surface area contributed by atoms with Crippen molar-refractivity contribution in [2.24, 2.45) is 0 Å². The highest BCUT2D eigenvalue weighted by molar-refractivity contribution is 6.39. The van der Waals surface area contributed by atoms with E-state index in [-0.39, 0.29) is 21.3 Å². The second kappa shape index (κ2) is 5.70. The Bertz CT molecular complexity index is 465. The van der Waals surface area contributed by atoms with Gasteiger partial charge in [-0.15, -0.1) is 0 Å². The van der Waals surface area contributed by atoms with Crippen molar-refractivity contribution in [3.8, 4) is 0 Å². The number of rotatable bonds is 3. The van der Waals surface area contributed by atoms with Crippen LogP contribution in [0, 0.1) is 0 Å². The SMILES string of the molecule is C=C(NC(=O)c1c(Cl)cccc1Cl)C(=O)OC. The molecule has 0 fully saturated rings. The van der Waals surface area contributed by atoms with Gasteiger partial charge in [0.25, 0.3) is 5.91 Å². The van der Waals surface area contributed by atoms with Crippen LogP contribution in [0.1, 0.15) is 10.4 Å². The number of esters is 1. The molecule has 0 aliphatic carbocycles. The van der Waals surface area contributed by atoms with Crippen molar-refractivity contribution in [3.63, 3.8) is 0 Å². The minimum absolute atomic E-state index is 0.0842. The summed E-state index contributed by atoms with van der Waals surface area (Å²) >= 11 is 11.7. The van der Waals surface area contributed by atoms with Gasteiger partial charge in [0.1, 0.15) is 5.70 Å². The van der Waals surface area contributed by atoms with Crippen LogP contribution in [0.15, 0.2) is 30.5 Å². The van der Waals surface area contributed by atoms with Crippen molar-refractivity contribution in [1.82, 2.24) is 5.32 Å². The number of ether oxygens (including phenoxy) is 1. The van der Waals surface area contributed by atoms with Gasteiger partial charge >= 0.3 is 5.97 Å². The third kappa shape index (κ3) is 3.22. The summed E-state index contributed by atoms with van der Waals surface area (Å²) < 4.78 is 4.39. The maximum atomic E-state index is 11.8. The lowest BCUT2D eigenvalue weighted by Crippen LogP contribution is -2.27. The van der Waals surface area contributed by atoms with Crippen molar-refractivity contribution < 1.29 is 14.3 Å². The maximum absolute atomic E-state index is 11.8. The highest BCUT2D eigenvalue weighted by atomic mass is 35.5. The average molecular weight is 274 g/mol. The molecule has 17 heavy (non-hydrogen) atoms. The Morgan fingerprint density at radius 2 is 1.82 bits per heavy atom. The number of methoxy groups -OCH3 is 1. The number of amides is 1. The Kier molecular flexibility index (Phi) is 4.54. The van der Waals surface area contributed by atoms with Crippen LogP contribution in [0.4, 0.5) is 0 Å². The molecule has 1 N–H and O–H groups in total. The van der Waals surface area contributed by atoms with E-state index in [1.54, 1.807) is 6.07 Å². The molecule has 0 aliphatic heterocycles. The smallest absolute Gasteiger partial charge is 0.353 e. The molecular weight excluding hydrogens is 265 g/mol. The summed E-state index contributed by atoms with van der Waals surface area (Å²) in [5, 5.41) is 2.63. The van der Waals surface area contributed by atoms with Gasteiger partial charge in [-0.05, 0) is 12.1 Å². The molecule has 1 rings (SSSR count). The van der Waals surface area contributed by atoms with Crippen LogP contribution < -0.4 is 5.32 Å². The third-order valence-corrected chi connectivity index (χ3v) is 2.52. The zero-order chi connectivity index (χ0) is 13.0.